The van der Waals surface area contributed by atoms with Crippen molar-refractivity contribution in [3.63, 3.8) is 0 Å². The van der Waals surface area contributed by atoms with E-state index in [9.17, 15) is 4.79 Å². The zero-order chi connectivity index (χ0) is 22.2. The van der Waals surface area contributed by atoms with E-state index in [1.54, 1.807) is 18.5 Å². The molecule has 2 aromatic carbocycles. The molecule has 0 saturated heterocycles. The monoisotopic (exact) mass is 435 g/mol. The minimum Gasteiger partial charge on any atom is -0.440 e. The van der Waals surface area contributed by atoms with E-state index in [0.29, 0.717) is 16.1 Å². The average Bonchev–Trinajstić information content (AvgIpc) is 3.08. The van der Waals surface area contributed by atoms with Crippen molar-refractivity contribution in [2.75, 3.05) is 37.0 Å². The zero-order valence-electron chi connectivity index (χ0n) is 18.2. The molecule has 1 aliphatic rings. The van der Waals surface area contributed by atoms with E-state index in [2.05, 4.69) is 35.9 Å². The number of nitrogens with zero attached hydrogens (tertiary/aromatic N) is 3. The highest BCUT2D eigenvalue weighted by Gasteiger charge is 2.50. The van der Waals surface area contributed by atoms with Gasteiger partial charge in [-0.1, -0.05) is 29.8 Å². The number of fused-ring (bicyclic) bond motifs is 1. The summed E-state index contributed by atoms with van der Waals surface area (Å²) >= 11 is 6.79. The van der Waals surface area contributed by atoms with Gasteiger partial charge >= 0.3 is 5.97 Å². The van der Waals surface area contributed by atoms with Crippen molar-refractivity contribution in [2.24, 2.45) is 0 Å². The molecule has 1 aromatic heterocycles. The lowest BCUT2D eigenvalue weighted by Crippen LogP contribution is -2.30. The Kier molecular flexibility index (Phi) is 5.63. The molecule has 0 N–H and O–H groups in total. The number of hydrogen-bond acceptors (Lipinski definition) is 5. The molecule has 0 radical (unpaired) electrons. The Bertz CT molecular complexity index is 1110. The van der Waals surface area contributed by atoms with Gasteiger partial charge in [-0.2, -0.15) is 0 Å². The summed E-state index contributed by atoms with van der Waals surface area (Å²) in [6.07, 6.45) is 3.31. The van der Waals surface area contributed by atoms with Gasteiger partial charge in [0.05, 0.1) is 10.6 Å². The van der Waals surface area contributed by atoms with Crippen LogP contribution in [0, 0.1) is 0 Å². The lowest BCUT2D eigenvalue weighted by molar-refractivity contribution is 0.0251. The van der Waals surface area contributed by atoms with Crippen molar-refractivity contribution in [1.82, 2.24) is 4.98 Å². The highest BCUT2D eigenvalue weighted by atomic mass is 35.5. The second-order valence-corrected chi connectivity index (χ2v) is 8.18. The number of carbonyl (C=O) groups excluding carboxylic acids is 1. The van der Waals surface area contributed by atoms with E-state index in [1.807, 2.05) is 49.3 Å². The van der Waals surface area contributed by atoms with Gasteiger partial charge < -0.3 is 14.5 Å². The third kappa shape index (κ3) is 3.43. The van der Waals surface area contributed by atoms with Crippen molar-refractivity contribution < 1.29 is 9.53 Å². The average molecular weight is 436 g/mol. The van der Waals surface area contributed by atoms with E-state index < -0.39 is 5.60 Å². The van der Waals surface area contributed by atoms with Gasteiger partial charge in [0.25, 0.3) is 0 Å². The first kappa shape index (κ1) is 21.2. The lowest BCUT2D eigenvalue weighted by atomic mass is 9.80. The Morgan fingerprint density at radius 1 is 0.968 bits per heavy atom. The summed E-state index contributed by atoms with van der Waals surface area (Å²) in [7, 11) is 3.92. The molecule has 1 unspecified atom stereocenters. The Morgan fingerprint density at radius 2 is 1.65 bits per heavy atom. The molecule has 0 bridgehead atoms. The van der Waals surface area contributed by atoms with E-state index in [4.69, 9.17) is 16.3 Å². The molecule has 3 aromatic rings. The Morgan fingerprint density at radius 3 is 2.26 bits per heavy atom. The highest BCUT2D eigenvalue weighted by Crippen LogP contribution is 2.49. The summed E-state index contributed by atoms with van der Waals surface area (Å²) in [5.41, 5.74) is 3.71. The summed E-state index contributed by atoms with van der Waals surface area (Å²) < 4.78 is 6.14. The van der Waals surface area contributed by atoms with Crippen LogP contribution in [0.2, 0.25) is 5.02 Å². The normalized spacial score (nSPS) is 17.3. The topological polar surface area (TPSA) is 45.7 Å². The molecular weight excluding hydrogens is 410 g/mol. The first-order chi connectivity index (χ1) is 14.9. The van der Waals surface area contributed by atoms with Crippen molar-refractivity contribution in [2.45, 2.75) is 19.4 Å². The zero-order valence-corrected chi connectivity index (χ0v) is 19.0. The van der Waals surface area contributed by atoms with Gasteiger partial charge in [-0.15, -0.1) is 0 Å². The first-order valence-electron chi connectivity index (χ1n) is 10.4. The van der Waals surface area contributed by atoms with Crippen LogP contribution in [-0.2, 0) is 10.3 Å². The minimum atomic E-state index is -1.15. The van der Waals surface area contributed by atoms with Crippen molar-refractivity contribution in [1.29, 1.82) is 0 Å². The largest absolute Gasteiger partial charge is 0.440 e. The number of carbonyl (C=O) groups is 1. The number of benzene rings is 2. The predicted octanol–water partition coefficient (Wildman–Crippen LogP) is 5.11. The van der Waals surface area contributed by atoms with Crippen LogP contribution >= 0.6 is 11.6 Å². The third-order valence-corrected chi connectivity index (χ3v) is 6.23. The van der Waals surface area contributed by atoms with Crippen LogP contribution in [0.5, 0.6) is 0 Å². The lowest BCUT2D eigenvalue weighted by Gasteiger charge is -2.32. The van der Waals surface area contributed by atoms with E-state index in [1.165, 1.54) is 0 Å². The van der Waals surface area contributed by atoms with Gasteiger partial charge in [0.1, 0.15) is 0 Å². The van der Waals surface area contributed by atoms with Gasteiger partial charge in [0, 0.05) is 67.6 Å². The summed E-state index contributed by atoms with van der Waals surface area (Å²) in [5.74, 6) is -0.377. The minimum absolute atomic E-state index is 0.377. The number of anilines is 2. The summed E-state index contributed by atoms with van der Waals surface area (Å²) in [5, 5.41) is 0.531. The van der Waals surface area contributed by atoms with Crippen molar-refractivity contribution >= 4 is 28.9 Å². The number of ether oxygens (including phenoxy) is 1. The quantitative estimate of drug-likeness (QED) is 0.503. The Balaban J connectivity index is 1.94. The second-order valence-electron chi connectivity index (χ2n) is 7.77. The predicted molar refractivity (Wildman–Crippen MR) is 125 cm³/mol. The molecule has 1 aliphatic heterocycles. The van der Waals surface area contributed by atoms with Gasteiger partial charge in [-0.05, 0) is 44.2 Å². The van der Waals surface area contributed by atoms with Crippen LogP contribution in [0.1, 0.15) is 40.9 Å². The molecular formula is C25H26ClN3O2. The molecule has 4 rings (SSSR count). The summed E-state index contributed by atoms with van der Waals surface area (Å²) in [4.78, 5) is 21.4. The van der Waals surface area contributed by atoms with E-state index in [-0.39, 0.29) is 5.97 Å². The fourth-order valence-electron chi connectivity index (χ4n) is 4.24. The fraction of sp³-hybridized carbons (Fsp3) is 0.280. The van der Waals surface area contributed by atoms with Crippen LogP contribution < -0.4 is 9.80 Å². The first-order valence-corrected chi connectivity index (χ1v) is 10.8. The molecule has 0 fully saturated rings. The summed E-state index contributed by atoms with van der Waals surface area (Å²) in [6.45, 7) is 6.10. The second kappa shape index (κ2) is 8.23. The van der Waals surface area contributed by atoms with Crippen LogP contribution in [0.15, 0.2) is 60.9 Å². The molecule has 2 heterocycles. The van der Waals surface area contributed by atoms with Crippen molar-refractivity contribution in [3.8, 4) is 0 Å². The van der Waals surface area contributed by atoms with Gasteiger partial charge in [-0.25, -0.2) is 4.79 Å². The summed E-state index contributed by atoms with van der Waals surface area (Å²) in [6, 6.07) is 15.7. The van der Waals surface area contributed by atoms with Gasteiger partial charge in [0.15, 0.2) is 5.60 Å². The van der Waals surface area contributed by atoms with Crippen LogP contribution in [-0.4, -0.2) is 38.1 Å². The fourth-order valence-corrected chi connectivity index (χ4v) is 4.54. The standard InChI is InChI=1S/C25H26ClN3O2/c1-5-29(6-2)18-9-7-17(8-10-18)25(21-12-11-19(28(3)4)15-23(21)26)22-16-27-14-13-20(22)24(30)31-25/h7-16H,5-6H2,1-4H3. The van der Waals surface area contributed by atoms with Crippen LogP contribution in [0.4, 0.5) is 11.4 Å². The number of pyridine rings is 1. The van der Waals surface area contributed by atoms with Crippen LogP contribution in [0.3, 0.4) is 0 Å². The number of halogens is 1. The Labute approximate surface area is 188 Å². The SMILES string of the molecule is CCN(CC)c1ccc(C2(c3ccc(N(C)C)cc3Cl)OC(=O)c3ccncc32)cc1. The molecule has 31 heavy (non-hydrogen) atoms. The van der Waals surface area contributed by atoms with Crippen LogP contribution in [0.25, 0.3) is 0 Å². The number of esters is 1. The number of rotatable bonds is 6. The molecule has 0 amide bonds. The van der Waals surface area contributed by atoms with Crippen molar-refractivity contribution in [3.05, 3.63) is 88.2 Å². The highest BCUT2D eigenvalue weighted by molar-refractivity contribution is 6.32. The molecule has 0 spiro atoms. The maximum Gasteiger partial charge on any atom is 0.340 e. The molecule has 160 valence electrons. The molecule has 0 saturated carbocycles. The number of aromatic nitrogens is 1. The Hall–Kier alpha value is -3.05. The number of hydrogen-bond donors (Lipinski definition) is 0. The maximum absolute atomic E-state index is 12.9. The van der Waals surface area contributed by atoms with E-state index in [0.717, 1.165) is 35.6 Å². The molecule has 6 heteroatoms. The molecule has 1 atom stereocenters. The maximum atomic E-state index is 12.9. The molecule has 0 aliphatic carbocycles. The van der Waals surface area contributed by atoms with Gasteiger partial charge in [0.2, 0.25) is 0 Å². The third-order valence-electron chi connectivity index (χ3n) is 5.92. The van der Waals surface area contributed by atoms with E-state index >= 15 is 0 Å². The molecule has 5 nitrogen and oxygen atoms in total. The smallest absolute Gasteiger partial charge is 0.340 e. The van der Waals surface area contributed by atoms with Gasteiger partial charge in [-0.3, -0.25) is 4.98 Å². The number of cyclic esters (lactones) is 1.